The van der Waals surface area contributed by atoms with E-state index in [4.69, 9.17) is 16.3 Å². The number of nitrogens with one attached hydrogen (secondary N) is 2. The standard InChI is InChI=1S/C22H27ClN2O4S/c1-16(22(26)25-18-8-3-2-4-9-18)29-19-11-13-20(14-12-19)30(27,28)24-15-17-7-5-6-10-21(17)23/h5-7,10-14,16,18,24H,2-4,8-9,15H2,1H3,(H,25,26)/t16-/m0/s1. The van der Waals surface area contributed by atoms with Crippen LogP contribution in [-0.4, -0.2) is 26.5 Å². The van der Waals surface area contributed by atoms with Gasteiger partial charge in [0.25, 0.3) is 5.91 Å². The van der Waals surface area contributed by atoms with Crippen LogP contribution >= 0.6 is 11.6 Å². The molecule has 2 aromatic rings. The number of ether oxygens (including phenoxy) is 1. The molecule has 0 heterocycles. The molecule has 8 heteroatoms. The second-order valence-electron chi connectivity index (χ2n) is 7.49. The fourth-order valence-electron chi connectivity index (χ4n) is 3.42. The van der Waals surface area contributed by atoms with Crippen LogP contribution in [0.2, 0.25) is 5.02 Å². The van der Waals surface area contributed by atoms with E-state index in [0.717, 1.165) is 25.7 Å². The highest BCUT2D eigenvalue weighted by atomic mass is 35.5. The molecule has 1 amide bonds. The Morgan fingerprint density at radius 1 is 1.10 bits per heavy atom. The lowest BCUT2D eigenvalue weighted by Crippen LogP contribution is -2.43. The maximum absolute atomic E-state index is 12.5. The summed E-state index contributed by atoms with van der Waals surface area (Å²) in [4.78, 5) is 12.4. The fraction of sp³-hybridized carbons (Fsp3) is 0.409. The van der Waals surface area contributed by atoms with Gasteiger partial charge < -0.3 is 10.1 Å². The number of halogens is 1. The highest BCUT2D eigenvalue weighted by molar-refractivity contribution is 7.89. The van der Waals surface area contributed by atoms with E-state index in [2.05, 4.69) is 10.0 Å². The van der Waals surface area contributed by atoms with Crippen LogP contribution in [0.5, 0.6) is 5.75 Å². The first-order chi connectivity index (χ1) is 14.3. The number of amides is 1. The molecule has 0 bridgehead atoms. The topological polar surface area (TPSA) is 84.5 Å². The first-order valence-corrected chi connectivity index (χ1v) is 12.0. The third-order valence-corrected chi connectivity index (χ3v) is 6.96. The fourth-order valence-corrected chi connectivity index (χ4v) is 4.63. The molecule has 0 unspecified atom stereocenters. The summed E-state index contributed by atoms with van der Waals surface area (Å²) in [6, 6.07) is 13.3. The molecule has 1 aliphatic rings. The van der Waals surface area contributed by atoms with Crippen molar-refractivity contribution in [2.24, 2.45) is 0 Å². The van der Waals surface area contributed by atoms with Gasteiger partial charge in [0.2, 0.25) is 10.0 Å². The van der Waals surface area contributed by atoms with Crippen LogP contribution in [0.1, 0.15) is 44.6 Å². The van der Waals surface area contributed by atoms with Crippen molar-refractivity contribution in [3.05, 3.63) is 59.1 Å². The van der Waals surface area contributed by atoms with Gasteiger partial charge in [-0.15, -0.1) is 0 Å². The molecule has 3 rings (SSSR count). The molecular weight excluding hydrogens is 424 g/mol. The summed E-state index contributed by atoms with van der Waals surface area (Å²) in [5.74, 6) is 0.284. The van der Waals surface area contributed by atoms with Crippen LogP contribution in [0.4, 0.5) is 0 Å². The van der Waals surface area contributed by atoms with Crippen LogP contribution in [0.25, 0.3) is 0 Å². The molecule has 0 spiro atoms. The average Bonchev–Trinajstić information content (AvgIpc) is 2.74. The van der Waals surface area contributed by atoms with Gasteiger partial charge in [0.05, 0.1) is 4.90 Å². The summed E-state index contributed by atoms with van der Waals surface area (Å²) >= 11 is 6.07. The van der Waals surface area contributed by atoms with Gasteiger partial charge in [-0.1, -0.05) is 49.1 Å². The van der Waals surface area contributed by atoms with Crippen LogP contribution in [-0.2, 0) is 21.4 Å². The molecule has 6 nitrogen and oxygen atoms in total. The van der Waals surface area contributed by atoms with Gasteiger partial charge in [-0.2, -0.15) is 0 Å². The van der Waals surface area contributed by atoms with Crippen molar-refractivity contribution in [2.45, 2.75) is 62.6 Å². The van der Waals surface area contributed by atoms with Gasteiger partial charge in [0, 0.05) is 17.6 Å². The smallest absolute Gasteiger partial charge is 0.260 e. The molecule has 0 radical (unpaired) electrons. The molecule has 1 saturated carbocycles. The number of carbonyl (C=O) groups excluding carboxylic acids is 1. The zero-order valence-electron chi connectivity index (χ0n) is 16.9. The summed E-state index contributed by atoms with van der Waals surface area (Å²) < 4.78 is 33.3. The zero-order valence-corrected chi connectivity index (χ0v) is 18.5. The maximum atomic E-state index is 12.5. The molecule has 0 aliphatic heterocycles. The van der Waals surface area contributed by atoms with Gasteiger partial charge in [0.1, 0.15) is 5.75 Å². The molecule has 162 valence electrons. The highest BCUT2D eigenvalue weighted by Crippen LogP contribution is 2.20. The minimum atomic E-state index is -3.70. The Morgan fingerprint density at radius 2 is 1.77 bits per heavy atom. The maximum Gasteiger partial charge on any atom is 0.260 e. The second kappa shape index (κ2) is 10.3. The Morgan fingerprint density at radius 3 is 2.43 bits per heavy atom. The van der Waals surface area contributed by atoms with Gasteiger partial charge in [-0.3, -0.25) is 4.79 Å². The predicted molar refractivity (Wildman–Crippen MR) is 117 cm³/mol. The van der Waals surface area contributed by atoms with Crippen molar-refractivity contribution in [1.82, 2.24) is 10.0 Å². The lowest BCUT2D eigenvalue weighted by atomic mass is 9.95. The van der Waals surface area contributed by atoms with Crippen molar-refractivity contribution in [3.8, 4) is 5.75 Å². The summed E-state index contributed by atoms with van der Waals surface area (Å²) in [6.07, 6.45) is 4.85. The van der Waals surface area contributed by atoms with E-state index in [1.807, 2.05) is 0 Å². The van der Waals surface area contributed by atoms with Crippen molar-refractivity contribution < 1.29 is 17.9 Å². The Kier molecular flexibility index (Phi) is 7.75. The Balaban J connectivity index is 1.55. The Bertz CT molecular complexity index is 957. The van der Waals surface area contributed by atoms with Crippen LogP contribution < -0.4 is 14.8 Å². The first kappa shape index (κ1) is 22.6. The van der Waals surface area contributed by atoms with Gasteiger partial charge in [0.15, 0.2) is 6.10 Å². The minimum absolute atomic E-state index is 0.0959. The number of hydrogen-bond donors (Lipinski definition) is 2. The van der Waals surface area contributed by atoms with E-state index in [1.54, 1.807) is 43.3 Å². The lowest BCUT2D eigenvalue weighted by molar-refractivity contribution is -0.128. The largest absolute Gasteiger partial charge is 0.481 e. The molecule has 0 aromatic heterocycles. The van der Waals surface area contributed by atoms with E-state index in [9.17, 15) is 13.2 Å². The molecule has 1 fully saturated rings. The van der Waals surface area contributed by atoms with Crippen molar-refractivity contribution >= 4 is 27.5 Å². The summed E-state index contributed by atoms with van der Waals surface area (Å²) in [5.41, 5.74) is 0.695. The third kappa shape index (κ3) is 6.20. The summed E-state index contributed by atoms with van der Waals surface area (Å²) in [6.45, 7) is 1.78. The number of rotatable bonds is 8. The SMILES string of the molecule is C[C@H](Oc1ccc(S(=O)(=O)NCc2ccccc2Cl)cc1)C(=O)NC1CCCCC1. The number of hydrogen-bond acceptors (Lipinski definition) is 4. The van der Waals surface area contributed by atoms with Crippen LogP contribution in [0.15, 0.2) is 53.4 Å². The van der Waals surface area contributed by atoms with Crippen LogP contribution in [0, 0.1) is 0 Å². The first-order valence-electron chi connectivity index (χ1n) is 10.2. The molecule has 1 aliphatic carbocycles. The van der Waals surface area contributed by atoms with E-state index < -0.39 is 16.1 Å². The summed E-state index contributed by atoms with van der Waals surface area (Å²) in [7, 11) is -3.70. The normalized spacial score (nSPS) is 16.1. The average molecular weight is 451 g/mol. The monoisotopic (exact) mass is 450 g/mol. The quantitative estimate of drug-likeness (QED) is 0.635. The van der Waals surface area contributed by atoms with Gasteiger partial charge in [-0.25, -0.2) is 13.1 Å². The Labute approximate surface area is 183 Å². The molecule has 2 N–H and O–H groups in total. The van der Waals surface area contributed by atoms with Crippen molar-refractivity contribution in [1.29, 1.82) is 0 Å². The van der Waals surface area contributed by atoms with Crippen molar-refractivity contribution in [3.63, 3.8) is 0 Å². The number of carbonyl (C=O) groups is 1. The molecule has 0 saturated heterocycles. The van der Waals surface area contributed by atoms with Gasteiger partial charge >= 0.3 is 0 Å². The summed E-state index contributed by atoms with van der Waals surface area (Å²) in [5, 5.41) is 3.53. The molecule has 2 aromatic carbocycles. The molecule has 1 atom stereocenters. The molecular formula is C22H27ClN2O4S. The minimum Gasteiger partial charge on any atom is -0.481 e. The second-order valence-corrected chi connectivity index (χ2v) is 9.67. The van der Waals surface area contributed by atoms with Crippen LogP contribution in [0.3, 0.4) is 0 Å². The number of sulfonamides is 1. The lowest BCUT2D eigenvalue weighted by Gasteiger charge is -2.24. The van der Waals surface area contributed by atoms with Gasteiger partial charge in [-0.05, 0) is 55.7 Å². The zero-order chi connectivity index (χ0) is 21.6. The van der Waals surface area contributed by atoms with E-state index >= 15 is 0 Å². The Hall–Kier alpha value is -2.09. The van der Waals surface area contributed by atoms with E-state index in [0.29, 0.717) is 16.3 Å². The third-order valence-electron chi connectivity index (χ3n) is 5.18. The predicted octanol–water partition coefficient (Wildman–Crippen LogP) is 4.03. The number of benzene rings is 2. The molecule has 30 heavy (non-hydrogen) atoms. The highest BCUT2D eigenvalue weighted by Gasteiger charge is 2.21. The van der Waals surface area contributed by atoms with E-state index in [1.165, 1.54) is 18.6 Å². The van der Waals surface area contributed by atoms with Crippen molar-refractivity contribution in [2.75, 3.05) is 0 Å². The van der Waals surface area contributed by atoms with E-state index in [-0.39, 0.29) is 23.4 Å².